The van der Waals surface area contributed by atoms with Gasteiger partial charge < -0.3 is 5.32 Å². The highest BCUT2D eigenvalue weighted by atomic mass is 32.2. The molecule has 2 heterocycles. The van der Waals surface area contributed by atoms with Crippen LogP contribution in [0.1, 0.15) is 18.4 Å². The normalized spacial score (nSPS) is 22.2. The Morgan fingerprint density at radius 2 is 2.00 bits per heavy atom. The molecule has 0 unspecified atom stereocenters. The van der Waals surface area contributed by atoms with Gasteiger partial charge in [-0.15, -0.1) is 0 Å². The summed E-state index contributed by atoms with van der Waals surface area (Å²) in [4.78, 5) is 0. The largest absolute Gasteiger partial charge is 0.384 e. The zero-order valence-corrected chi connectivity index (χ0v) is 11.6. The Balaban J connectivity index is 1.86. The number of rotatable bonds is 1. The number of hydrogen-bond acceptors (Lipinski definition) is 3. The summed E-state index contributed by atoms with van der Waals surface area (Å²) in [5.41, 5.74) is 1.94. The van der Waals surface area contributed by atoms with Gasteiger partial charge in [0.1, 0.15) is 5.82 Å². The van der Waals surface area contributed by atoms with E-state index in [9.17, 15) is 12.8 Å². The molecule has 0 aromatic heterocycles. The predicted molar refractivity (Wildman–Crippen MR) is 72.2 cm³/mol. The van der Waals surface area contributed by atoms with Crippen LogP contribution in [0.4, 0.5) is 10.1 Å². The number of halogens is 1. The molecule has 0 bridgehead atoms. The van der Waals surface area contributed by atoms with Crippen LogP contribution in [0.25, 0.3) is 0 Å². The van der Waals surface area contributed by atoms with Gasteiger partial charge in [0.25, 0.3) is 0 Å². The minimum atomic E-state index is -3.10. The molecule has 1 fully saturated rings. The third kappa shape index (κ3) is 2.12. The second-order valence-corrected chi connectivity index (χ2v) is 7.47. The summed E-state index contributed by atoms with van der Waals surface area (Å²) in [6, 6.07) is 4.84. The Hall–Kier alpha value is -1.14. The summed E-state index contributed by atoms with van der Waals surface area (Å²) in [5, 5.41) is 3.25. The summed E-state index contributed by atoms with van der Waals surface area (Å²) < 4.78 is 37.8. The lowest BCUT2D eigenvalue weighted by Gasteiger charge is -2.38. The fourth-order valence-electron chi connectivity index (χ4n) is 3.18. The van der Waals surface area contributed by atoms with E-state index in [1.54, 1.807) is 0 Å². The average Bonchev–Trinajstić information content (AvgIpc) is 2.67. The first kappa shape index (κ1) is 12.9. The number of hydrogen-bond donors (Lipinski definition) is 1. The van der Waals surface area contributed by atoms with Crippen LogP contribution in [-0.4, -0.2) is 38.6 Å². The molecule has 1 N–H and O–H groups in total. The van der Waals surface area contributed by atoms with Crippen molar-refractivity contribution in [3.8, 4) is 0 Å². The van der Waals surface area contributed by atoms with E-state index in [1.807, 2.05) is 6.07 Å². The lowest BCUT2D eigenvalue weighted by molar-refractivity contribution is 0.250. The van der Waals surface area contributed by atoms with Crippen LogP contribution in [-0.2, 0) is 15.4 Å². The fourth-order valence-corrected chi connectivity index (χ4v) is 4.02. The summed E-state index contributed by atoms with van der Waals surface area (Å²) in [5.74, 6) is -0.239. The van der Waals surface area contributed by atoms with Crippen LogP contribution in [0.2, 0.25) is 0 Å². The molecule has 0 aliphatic carbocycles. The first-order chi connectivity index (χ1) is 8.91. The molecule has 0 radical (unpaired) electrons. The molecule has 2 aliphatic heterocycles. The molecule has 3 rings (SSSR count). The molecule has 6 heteroatoms. The van der Waals surface area contributed by atoms with Crippen LogP contribution in [0.5, 0.6) is 0 Å². The van der Waals surface area contributed by atoms with Gasteiger partial charge in [-0.3, -0.25) is 0 Å². The topological polar surface area (TPSA) is 49.4 Å². The van der Waals surface area contributed by atoms with Gasteiger partial charge in [0, 0.05) is 30.7 Å². The van der Waals surface area contributed by atoms with E-state index < -0.39 is 10.0 Å². The maximum atomic E-state index is 13.2. The average molecular weight is 284 g/mol. The second kappa shape index (κ2) is 4.18. The van der Waals surface area contributed by atoms with Gasteiger partial charge in [0.15, 0.2) is 0 Å². The number of anilines is 1. The van der Waals surface area contributed by atoms with E-state index >= 15 is 0 Å². The molecule has 0 amide bonds. The van der Waals surface area contributed by atoms with Crippen LogP contribution < -0.4 is 5.32 Å². The molecule has 2 aliphatic rings. The molecule has 1 spiro atoms. The van der Waals surface area contributed by atoms with Gasteiger partial charge in [-0.1, -0.05) is 6.07 Å². The van der Waals surface area contributed by atoms with Crippen molar-refractivity contribution in [2.75, 3.05) is 31.2 Å². The number of benzene rings is 1. The molecule has 19 heavy (non-hydrogen) atoms. The van der Waals surface area contributed by atoms with Gasteiger partial charge >= 0.3 is 0 Å². The quantitative estimate of drug-likeness (QED) is 0.851. The van der Waals surface area contributed by atoms with Crippen molar-refractivity contribution in [1.29, 1.82) is 0 Å². The number of nitrogens with one attached hydrogen (secondary N) is 1. The SMILES string of the molecule is CS(=O)(=O)N1CCC2(CC1)CNc1cc(F)ccc12. The van der Waals surface area contributed by atoms with Crippen LogP contribution in [0, 0.1) is 5.82 Å². The first-order valence-corrected chi connectivity index (χ1v) is 8.25. The lowest BCUT2D eigenvalue weighted by atomic mass is 9.75. The molecular weight excluding hydrogens is 267 g/mol. The zero-order chi connectivity index (χ0) is 13.7. The van der Waals surface area contributed by atoms with Crippen molar-refractivity contribution >= 4 is 15.7 Å². The lowest BCUT2D eigenvalue weighted by Crippen LogP contribution is -2.45. The van der Waals surface area contributed by atoms with Crippen molar-refractivity contribution in [1.82, 2.24) is 4.31 Å². The maximum Gasteiger partial charge on any atom is 0.211 e. The summed E-state index contributed by atoms with van der Waals surface area (Å²) in [6.07, 6.45) is 2.82. The Morgan fingerprint density at radius 1 is 1.32 bits per heavy atom. The van der Waals surface area contributed by atoms with Crippen molar-refractivity contribution in [3.63, 3.8) is 0 Å². The van der Waals surface area contributed by atoms with E-state index in [2.05, 4.69) is 5.32 Å². The van der Waals surface area contributed by atoms with Crippen LogP contribution >= 0.6 is 0 Å². The van der Waals surface area contributed by atoms with Gasteiger partial charge in [0.05, 0.1) is 6.26 Å². The number of sulfonamides is 1. The molecule has 104 valence electrons. The summed E-state index contributed by atoms with van der Waals surface area (Å²) in [7, 11) is -3.10. The molecule has 0 saturated carbocycles. The van der Waals surface area contributed by atoms with E-state index in [4.69, 9.17) is 0 Å². The highest BCUT2D eigenvalue weighted by Gasteiger charge is 2.42. The van der Waals surface area contributed by atoms with E-state index in [0.29, 0.717) is 13.1 Å². The number of nitrogens with zero attached hydrogens (tertiary/aromatic N) is 1. The van der Waals surface area contributed by atoms with Gasteiger partial charge in [0.2, 0.25) is 10.0 Å². The minimum absolute atomic E-state index is 0.0375. The third-order valence-corrected chi connectivity index (χ3v) is 5.62. The smallest absolute Gasteiger partial charge is 0.211 e. The molecule has 4 nitrogen and oxygen atoms in total. The maximum absolute atomic E-state index is 13.2. The van der Waals surface area contributed by atoms with E-state index in [-0.39, 0.29) is 11.2 Å². The molecule has 0 atom stereocenters. The molecular formula is C13H17FN2O2S. The fraction of sp³-hybridized carbons (Fsp3) is 0.538. The second-order valence-electron chi connectivity index (χ2n) is 5.49. The van der Waals surface area contributed by atoms with E-state index in [0.717, 1.165) is 30.6 Å². The highest BCUT2D eigenvalue weighted by molar-refractivity contribution is 7.88. The predicted octanol–water partition coefficient (Wildman–Crippen LogP) is 1.54. The van der Waals surface area contributed by atoms with Gasteiger partial charge in [-0.2, -0.15) is 0 Å². The standard InChI is InChI=1S/C13H17FN2O2S/c1-19(17,18)16-6-4-13(5-7-16)9-15-12-8-10(14)2-3-11(12)13/h2-3,8,15H,4-7,9H2,1H3. The summed E-state index contributed by atoms with van der Waals surface area (Å²) in [6.45, 7) is 1.85. The Morgan fingerprint density at radius 3 is 2.63 bits per heavy atom. The molecule has 1 saturated heterocycles. The third-order valence-electron chi connectivity index (χ3n) is 4.32. The Labute approximate surface area is 112 Å². The highest BCUT2D eigenvalue weighted by Crippen LogP contribution is 2.44. The Bertz CT molecular complexity index is 607. The van der Waals surface area contributed by atoms with Crippen LogP contribution in [0.15, 0.2) is 18.2 Å². The van der Waals surface area contributed by atoms with Gasteiger partial charge in [-0.25, -0.2) is 17.1 Å². The number of piperidine rings is 1. The Kier molecular flexibility index (Phi) is 2.83. The first-order valence-electron chi connectivity index (χ1n) is 6.40. The van der Waals surface area contributed by atoms with Crippen molar-refractivity contribution < 1.29 is 12.8 Å². The van der Waals surface area contributed by atoms with Crippen molar-refractivity contribution in [3.05, 3.63) is 29.6 Å². The molecule has 1 aromatic rings. The minimum Gasteiger partial charge on any atom is -0.384 e. The zero-order valence-electron chi connectivity index (χ0n) is 10.8. The van der Waals surface area contributed by atoms with Crippen LogP contribution in [0.3, 0.4) is 0 Å². The van der Waals surface area contributed by atoms with Crippen molar-refractivity contribution in [2.45, 2.75) is 18.3 Å². The monoisotopic (exact) mass is 284 g/mol. The van der Waals surface area contributed by atoms with Crippen molar-refractivity contribution in [2.24, 2.45) is 0 Å². The molecule has 1 aromatic carbocycles. The summed E-state index contributed by atoms with van der Waals surface area (Å²) >= 11 is 0. The number of fused-ring (bicyclic) bond motifs is 2. The van der Waals surface area contributed by atoms with Gasteiger partial charge in [-0.05, 0) is 30.5 Å². The van der Waals surface area contributed by atoms with E-state index in [1.165, 1.54) is 22.7 Å².